The van der Waals surface area contributed by atoms with Crippen molar-refractivity contribution in [1.82, 2.24) is 4.98 Å². The van der Waals surface area contributed by atoms with Crippen LogP contribution in [0.15, 0.2) is 30.5 Å². The molecular formula is C16H21ClN2O. The molecule has 0 bridgehead atoms. The molecule has 0 aliphatic rings. The Morgan fingerprint density at radius 3 is 2.85 bits per heavy atom. The van der Waals surface area contributed by atoms with Gasteiger partial charge in [0.05, 0.1) is 11.6 Å². The van der Waals surface area contributed by atoms with Crippen molar-refractivity contribution >= 4 is 28.2 Å². The van der Waals surface area contributed by atoms with E-state index in [0.717, 1.165) is 36.8 Å². The monoisotopic (exact) mass is 292 g/mol. The molecule has 2 rings (SSSR count). The van der Waals surface area contributed by atoms with Crippen molar-refractivity contribution in [3.05, 3.63) is 35.5 Å². The number of aliphatic hydroxyl groups is 1. The minimum atomic E-state index is -0.235. The first-order valence-corrected chi connectivity index (χ1v) is 7.47. The molecule has 0 aliphatic carbocycles. The molecule has 0 spiro atoms. The maximum atomic E-state index is 9.37. The van der Waals surface area contributed by atoms with Crippen LogP contribution in [-0.4, -0.2) is 29.3 Å². The van der Waals surface area contributed by atoms with Crippen LogP contribution in [0.5, 0.6) is 0 Å². The summed E-state index contributed by atoms with van der Waals surface area (Å²) in [4.78, 5) is 6.70. The SMILES string of the molecule is CCN(CCCC(C)O)c1ccnc2cc(Cl)ccc12. The Morgan fingerprint density at radius 2 is 2.15 bits per heavy atom. The van der Waals surface area contributed by atoms with Crippen molar-refractivity contribution in [3.8, 4) is 0 Å². The van der Waals surface area contributed by atoms with E-state index in [1.54, 1.807) is 0 Å². The summed E-state index contributed by atoms with van der Waals surface area (Å²) < 4.78 is 0. The summed E-state index contributed by atoms with van der Waals surface area (Å²) in [7, 11) is 0. The first-order valence-electron chi connectivity index (χ1n) is 7.09. The minimum Gasteiger partial charge on any atom is -0.393 e. The summed E-state index contributed by atoms with van der Waals surface area (Å²) in [6, 6.07) is 7.86. The van der Waals surface area contributed by atoms with Crippen molar-refractivity contribution in [2.24, 2.45) is 0 Å². The lowest BCUT2D eigenvalue weighted by molar-refractivity contribution is 0.182. The zero-order chi connectivity index (χ0) is 14.5. The van der Waals surface area contributed by atoms with Crippen LogP contribution in [0.1, 0.15) is 26.7 Å². The van der Waals surface area contributed by atoms with Crippen molar-refractivity contribution in [2.75, 3.05) is 18.0 Å². The molecule has 1 unspecified atom stereocenters. The second-order valence-corrected chi connectivity index (χ2v) is 5.50. The van der Waals surface area contributed by atoms with Crippen LogP contribution in [-0.2, 0) is 0 Å². The van der Waals surface area contributed by atoms with Crippen LogP contribution in [0.25, 0.3) is 10.9 Å². The molecule has 1 aromatic heterocycles. The minimum absolute atomic E-state index is 0.235. The number of anilines is 1. The predicted octanol–water partition coefficient (Wildman–Crippen LogP) is 3.88. The second-order valence-electron chi connectivity index (χ2n) is 5.06. The van der Waals surface area contributed by atoms with Gasteiger partial charge in [0.25, 0.3) is 0 Å². The van der Waals surface area contributed by atoms with Gasteiger partial charge in [-0.25, -0.2) is 0 Å². The first kappa shape index (κ1) is 15.1. The Kier molecular flexibility index (Phi) is 5.21. The average molecular weight is 293 g/mol. The van der Waals surface area contributed by atoms with Gasteiger partial charge in [-0.15, -0.1) is 0 Å². The standard InChI is InChI=1S/C16H21ClN2O/c1-3-19(10-4-5-12(2)20)16-8-9-18-15-11-13(17)6-7-14(15)16/h6-9,11-12,20H,3-5,10H2,1-2H3. The van der Waals surface area contributed by atoms with E-state index in [4.69, 9.17) is 11.6 Å². The van der Waals surface area contributed by atoms with Gasteiger partial charge in [-0.1, -0.05) is 11.6 Å². The van der Waals surface area contributed by atoms with E-state index in [9.17, 15) is 5.11 Å². The molecule has 0 aliphatic heterocycles. The van der Waals surface area contributed by atoms with Gasteiger partial charge in [0.2, 0.25) is 0 Å². The first-order chi connectivity index (χ1) is 9.61. The molecule has 4 heteroatoms. The molecule has 108 valence electrons. The third-order valence-corrected chi connectivity index (χ3v) is 3.69. The fraction of sp³-hybridized carbons (Fsp3) is 0.438. The Balaban J connectivity index is 2.25. The Labute approximate surface area is 125 Å². The van der Waals surface area contributed by atoms with Crippen molar-refractivity contribution < 1.29 is 5.11 Å². The van der Waals surface area contributed by atoms with Crippen LogP contribution < -0.4 is 4.90 Å². The van der Waals surface area contributed by atoms with Crippen molar-refractivity contribution in [1.29, 1.82) is 0 Å². The highest BCUT2D eigenvalue weighted by Gasteiger charge is 2.09. The maximum Gasteiger partial charge on any atom is 0.0737 e. The molecule has 1 heterocycles. The highest BCUT2D eigenvalue weighted by atomic mass is 35.5. The van der Waals surface area contributed by atoms with E-state index < -0.39 is 0 Å². The van der Waals surface area contributed by atoms with Gasteiger partial charge in [0.1, 0.15) is 0 Å². The number of rotatable bonds is 6. The Morgan fingerprint density at radius 1 is 1.35 bits per heavy atom. The van der Waals surface area contributed by atoms with Crippen LogP contribution in [0.4, 0.5) is 5.69 Å². The molecule has 1 aromatic carbocycles. The molecule has 1 N–H and O–H groups in total. The molecule has 1 atom stereocenters. The summed E-state index contributed by atoms with van der Waals surface area (Å²) in [6.45, 7) is 5.84. The van der Waals surface area contributed by atoms with Crippen molar-refractivity contribution in [3.63, 3.8) is 0 Å². The number of hydrogen-bond acceptors (Lipinski definition) is 3. The predicted molar refractivity (Wildman–Crippen MR) is 85.6 cm³/mol. The quantitative estimate of drug-likeness (QED) is 0.878. The second kappa shape index (κ2) is 6.91. The zero-order valence-electron chi connectivity index (χ0n) is 12.0. The normalized spacial score (nSPS) is 12.6. The summed E-state index contributed by atoms with van der Waals surface area (Å²) in [5.74, 6) is 0. The number of aliphatic hydroxyl groups excluding tert-OH is 1. The zero-order valence-corrected chi connectivity index (χ0v) is 12.8. The molecule has 0 saturated heterocycles. The highest BCUT2D eigenvalue weighted by Crippen LogP contribution is 2.27. The molecule has 0 amide bonds. The third-order valence-electron chi connectivity index (χ3n) is 3.45. The average Bonchev–Trinajstić information content (AvgIpc) is 2.42. The van der Waals surface area contributed by atoms with Crippen LogP contribution in [0, 0.1) is 0 Å². The number of hydrogen-bond donors (Lipinski definition) is 1. The number of nitrogens with zero attached hydrogens (tertiary/aromatic N) is 2. The van der Waals surface area contributed by atoms with Gasteiger partial charge in [0, 0.05) is 35.4 Å². The van der Waals surface area contributed by atoms with E-state index >= 15 is 0 Å². The molecule has 3 nitrogen and oxygen atoms in total. The van der Waals surface area contributed by atoms with Crippen LogP contribution >= 0.6 is 11.6 Å². The van der Waals surface area contributed by atoms with E-state index in [1.807, 2.05) is 37.4 Å². The smallest absolute Gasteiger partial charge is 0.0737 e. The van der Waals surface area contributed by atoms with E-state index in [-0.39, 0.29) is 6.10 Å². The molecule has 0 fully saturated rings. The topological polar surface area (TPSA) is 36.4 Å². The van der Waals surface area contributed by atoms with E-state index in [1.165, 1.54) is 5.69 Å². The van der Waals surface area contributed by atoms with Crippen molar-refractivity contribution in [2.45, 2.75) is 32.8 Å². The molecule has 20 heavy (non-hydrogen) atoms. The summed E-state index contributed by atoms with van der Waals surface area (Å²) in [5.41, 5.74) is 2.10. The number of pyridine rings is 1. The fourth-order valence-corrected chi connectivity index (χ4v) is 2.57. The van der Waals surface area contributed by atoms with Gasteiger partial charge < -0.3 is 10.0 Å². The van der Waals surface area contributed by atoms with Gasteiger partial charge in [-0.05, 0) is 51.0 Å². The van der Waals surface area contributed by atoms with Gasteiger partial charge in [0.15, 0.2) is 0 Å². The highest BCUT2D eigenvalue weighted by molar-refractivity contribution is 6.31. The third kappa shape index (κ3) is 3.62. The number of halogens is 1. The van der Waals surface area contributed by atoms with Crippen LogP contribution in [0.2, 0.25) is 5.02 Å². The van der Waals surface area contributed by atoms with E-state index in [2.05, 4.69) is 16.8 Å². The Hall–Kier alpha value is -1.32. The molecule has 2 aromatic rings. The summed E-state index contributed by atoms with van der Waals surface area (Å²) in [5, 5.41) is 11.2. The Bertz CT molecular complexity index is 571. The van der Waals surface area contributed by atoms with Gasteiger partial charge in [-0.2, -0.15) is 0 Å². The van der Waals surface area contributed by atoms with Gasteiger partial charge in [-0.3, -0.25) is 4.98 Å². The lowest BCUT2D eigenvalue weighted by atomic mass is 10.1. The number of fused-ring (bicyclic) bond motifs is 1. The fourth-order valence-electron chi connectivity index (χ4n) is 2.41. The van der Waals surface area contributed by atoms with Crippen LogP contribution in [0.3, 0.4) is 0 Å². The largest absolute Gasteiger partial charge is 0.393 e. The molecular weight excluding hydrogens is 272 g/mol. The number of aromatic nitrogens is 1. The number of benzene rings is 1. The maximum absolute atomic E-state index is 9.37. The molecule has 0 radical (unpaired) electrons. The lowest BCUT2D eigenvalue weighted by Gasteiger charge is -2.24. The molecule has 0 saturated carbocycles. The lowest BCUT2D eigenvalue weighted by Crippen LogP contribution is -2.24. The summed E-state index contributed by atoms with van der Waals surface area (Å²) in [6.07, 6.45) is 3.39. The summed E-state index contributed by atoms with van der Waals surface area (Å²) >= 11 is 6.02. The van der Waals surface area contributed by atoms with E-state index in [0.29, 0.717) is 5.02 Å². The van der Waals surface area contributed by atoms with Gasteiger partial charge >= 0.3 is 0 Å².